The van der Waals surface area contributed by atoms with Crippen LogP contribution in [0.15, 0.2) is 67.0 Å². The Morgan fingerprint density at radius 3 is 2.34 bits per heavy atom. The van der Waals surface area contributed by atoms with Gasteiger partial charge in [0, 0.05) is 12.3 Å². The molecule has 32 heavy (non-hydrogen) atoms. The highest BCUT2D eigenvalue weighted by Crippen LogP contribution is 2.44. The highest BCUT2D eigenvalue weighted by Gasteiger charge is 2.33. The van der Waals surface area contributed by atoms with Gasteiger partial charge in [0.05, 0.1) is 22.3 Å². The van der Waals surface area contributed by atoms with Crippen LogP contribution in [0.4, 0.5) is 0 Å². The van der Waals surface area contributed by atoms with Crippen molar-refractivity contribution in [3.8, 4) is 28.2 Å². The molecule has 2 aromatic carbocycles. The fourth-order valence-electron chi connectivity index (χ4n) is 3.79. The zero-order chi connectivity index (χ0) is 22.6. The molecule has 160 valence electrons. The SMILES string of the molecule is CC(=O)OC1Oc2cc(C)c(C)cc2-c2oc(=O)c(-c3cc4ccccc4oc3=O)cc21. The molecule has 4 aromatic rings. The first-order valence-electron chi connectivity index (χ1n) is 9.98. The maximum absolute atomic E-state index is 13.0. The maximum atomic E-state index is 13.0. The van der Waals surface area contributed by atoms with E-state index in [1.54, 1.807) is 36.4 Å². The minimum absolute atomic E-state index is 0.00344. The maximum Gasteiger partial charge on any atom is 0.344 e. The Labute approximate surface area is 181 Å². The molecule has 0 saturated carbocycles. The second-order valence-electron chi connectivity index (χ2n) is 7.71. The van der Waals surface area contributed by atoms with Crippen molar-refractivity contribution in [3.05, 3.63) is 86.1 Å². The van der Waals surface area contributed by atoms with Crippen molar-refractivity contribution in [2.45, 2.75) is 27.1 Å². The van der Waals surface area contributed by atoms with E-state index in [1.165, 1.54) is 13.0 Å². The van der Waals surface area contributed by atoms with Crippen LogP contribution in [0.5, 0.6) is 5.75 Å². The second-order valence-corrected chi connectivity index (χ2v) is 7.71. The van der Waals surface area contributed by atoms with Gasteiger partial charge in [0.25, 0.3) is 6.29 Å². The number of hydrogen-bond acceptors (Lipinski definition) is 7. The molecule has 1 aliphatic heterocycles. The van der Waals surface area contributed by atoms with Gasteiger partial charge >= 0.3 is 17.2 Å². The van der Waals surface area contributed by atoms with Crippen molar-refractivity contribution in [1.29, 1.82) is 0 Å². The van der Waals surface area contributed by atoms with E-state index in [0.29, 0.717) is 27.8 Å². The van der Waals surface area contributed by atoms with E-state index in [-0.39, 0.29) is 16.9 Å². The summed E-state index contributed by atoms with van der Waals surface area (Å²) in [6.45, 7) is 5.12. The summed E-state index contributed by atoms with van der Waals surface area (Å²) in [7, 11) is 0. The van der Waals surface area contributed by atoms with Crippen LogP contribution in [0, 0.1) is 13.8 Å². The van der Waals surface area contributed by atoms with Crippen molar-refractivity contribution in [2.75, 3.05) is 0 Å². The molecule has 1 unspecified atom stereocenters. The monoisotopic (exact) mass is 430 g/mol. The number of carbonyl (C=O) groups is 1. The molecule has 1 atom stereocenters. The van der Waals surface area contributed by atoms with Gasteiger partial charge in [0.2, 0.25) is 0 Å². The molecule has 0 bridgehead atoms. The summed E-state index contributed by atoms with van der Waals surface area (Å²) in [5, 5.41) is 0.656. The largest absolute Gasteiger partial charge is 0.450 e. The van der Waals surface area contributed by atoms with Gasteiger partial charge in [-0.05, 0) is 55.3 Å². The number of esters is 1. The number of hydrogen-bond donors (Lipinski definition) is 0. The molecular weight excluding hydrogens is 412 g/mol. The first-order valence-corrected chi connectivity index (χ1v) is 9.98. The zero-order valence-corrected chi connectivity index (χ0v) is 17.6. The standard InChI is InChI=1S/C25H18O7/c1-12-8-18-21(9-13(12)2)31-25(29-14(3)26)19-11-17(24(28)32-22(18)19)16-10-15-6-4-5-7-20(15)30-23(16)27/h4-11,25H,1-3H3. The molecule has 0 radical (unpaired) electrons. The van der Waals surface area contributed by atoms with Crippen LogP contribution in [0.1, 0.15) is 29.9 Å². The Hall–Kier alpha value is -4.13. The first-order chi connectivity index (χ1) is 15.3. The third kappa shape index (κ3) is 3.19. The third-order valence-corrected chi connectivity index (χ3v) is 5.51. The number of ether oxygens (including phenoxy) is 2. The van der Waals surface area contributed by atoms with Gasteiger partial charge in [-0.25, -0.2) is 9.59 Å². The number of para-hydroxylation sites is 1. The van der Waals surface area contributed by atoms with Gasteiger partial charge in [-0.1, -0.05) is 18.2 Å². The number of carbonyl (C=O) groups excluding carboxylic acids is 1. The molecule has 7 nitrogen and oxygen atoms in total. The predicted octanol–water partition coefficient (Wildman–Crippen LogP) is 4.65. The van der Waals surface area contributed by atoms with E-state index >= 15 is 0 Å². The number of fused-ring (bicyclic) bond motifs is 4. The van der Waals surface area contributed by atoms with Crippen molar-refractivity contribution in [1.82, 2.24) is 0 Å². The number of rotatable bonds is 2. The predicted molar refractivity (Wildman–Crippen MR) is 117 cm³/mol. The lowest BCUT2D eigenvalue weighted by Gasteiger charge is -2.27. The van der Waals surface area contributed by atoms with Crippen LogP contribution in [-0.4, -0.2) is 5.97 Å². The van der Waals surface area contributed by atoms with E-state index in [9.17, 15) is 14.4 Å². The van der Waals surface area contributed by atoms with Crippen LogP contribution in [0.3, 0.4) is 0 Å². The van der Waals surface area contributed by atoms with Gasteiger partial charge in [-0.15, -0.1) is 0 Å². The lowest BCUT2D eigenvalue weighted by Crippen LogP contribution is -2.22. The quantitative estimate of drug-likeness (QED) is 0.337. The topological polar surface area (TPSA) is 96.0 Å². The van der Waals surface area contributed by atoms with Crippen molar-refractivity contribution in [2.24, 2.45) is 0 Å². The van der Waals surface area contributed by atoms with Crippen LogP contribution in [-0.2, 0) is 9.53 Å². The molecule has 0 N–H and O–H groups in total. The van der Waals surface area contributed by atoms with Gasteiger partial charge in [-0.2, -0.15) is 0 Å². The average molecular weight is 430 g/mol. The van der Waals surface area contributed by atoms with Crippen molar-refractivity contribution in [3.63, 3.8) is 0 Å². The number of aryl methyl sites for hydroxylation is 2. The lowest BCUT2D eigenvalue weighted by atomic mass is 9.96. The molecule has 0 aliphatic carbocycles. The van der Waals surface area contributed by atoms with Gasteiger partial charge < -0.3 is 18.3 Å². The summed E-state index contributed by atoms with van der Waals surface area (Å²) in [4.78, 5) is 37.3. The summed E-state index contributed by atoms with van der Waals surface area (Å²) in [6.07, 6.45) is -1.13. The van der Waals surface area contributed by atoms with Gasteiger partial charge in [0.15, 0.2) is 5.76 Å². The van der Waals surface area contributed by atoms with E-state index in [2.05, 4.69) is 0 Å². The zero-order valence-electron chi connectivity index (χ0n) is 17.6. The van der Waals surface area contributed by atoms with Crippen LogP contribution in [0.25, 0.3) is 33.4 Å². The van der Waals surface area contributed by atoms with E-state index in [0.717, 1.165) is 11.1 Å². The highest BCUT2D eigenvalue weighted by atomic mass is 16.7. The molecule has 2 aromatic heterocycles. The highest BCUT2D eigenvalue weighted by molar-refractivity contribution is 5.82. The molecule has 3 heterocycles. The second kappa shape index (κ2) is 7.23. The molecule has 5 rings (SSSR count). The summed E-state index contributed by atoms with van der Waals surface area (Å²) >= 11 is 0. The molecule has 1 aliphatic rings. The summed E-state index contributed by atoms with van der Waals surface area (Å²) in [5.41, 5.74) is 1.92. The Morgan fingerprint density at radius 1 is 0.875 bits per heavy atom. The van der Waals surface area contributed by atoms with Crippen LogP contribution < -0.4 is 16.0 Å². The summed E-state index contributed by atoms with van der Waals surface area (Å²) < 4.78 is 22.3. The average Bonchev–Trinajstić information content (AvgIpc) is 2.74. The molecular formula is C25H18O7. The summed E-state index contributed by atoms with van der Waals surface area (Å²) in [5.74, 6) is 0.110. The van der Waals surface area contributed by atoms with Gasteiger partial charge in [0.1, 0.15) is 11.3 Å². The Balaban J connectivity index is 1.77. The third-order valence-electron chi connectivity index (χ3n) is 5.51. The smallest absolute Gasteiger partial charge is 0.344 e. The molecule has 0 spiro atoms. The minimum atomic E-state index is -1.13. The van der Waals surface area contributed by atoms with E-state index in [1.807, 2.05) is 19.9 Å². The van der Waals surface area contributed by atoms with Gasteiger partial charge in [-0.3, -0.25) is 4.79 Å². The van der Waals surface area contributed by atoms with Crippen LogP contribution in [0.2, 0.25) is 0 Å². The fraction of sp³-hybridized carbons (Fsp3) is 0.160. The van der Waals surface area contributed by atoms with E-state index < -0.39 is 23.5 Å². The Kier molecular flexibility index (Phi) is 4.48. The number of benzene rings is 2. The normalized spacial score (nSPS) is 14.4. The molecule has 0 saturated heterocycles. The van der Waals surface area contributed by atoms with Crippen molar-refractivity contribution < 1.29 is 23.1 Å². The molecule has 0 amide bonds. The van der Waals surface area contributed by atoms with Crippen LogP contribution >= 0.6 is 0 Å². The fourth-order valence-corrected chi connectivity index (χ4v) is 3.79. The van der Waals surface area contributed by atoms with E-state index in [4.69, 9.17) is 18.3 Å². The van der Waals surface area contributed by atoms with Crippen molar-refractivity contribution >= 4 is 16.9 Å². The lowest BCUT2D eigenvalue weighted by molar-refractivity contribution is -0.162. The molecule has 7 heteroatoms. The summed E-state index contributed by atoms with van der Waals surface area (Å²) in [6, 6.07) is 13.7. The Morgan fingerprint density at radius 2 is 1.56 bits per heavy atom. The minimum Gasteiger partial charge on any atom is -0.450 e. The Bertz CT molecular complexity index is 1520. The molecule has 0 fully saturated rings. The first kappa shape index (κ1) is 19.8.